The molecule has 0 radical (unpaired) electrons. The highest BCUT2D eigenvalue weighted by Crippen LogP contribution is 2.32. The number of hydrogen-bond donors (Lipinski definition) is 1. The highest BCUT2D eigenvalue weighted by molar-refractivity contribution is 7.81. The third kappa shape index (κ3) is 5.37. The van der Waals surface area contributed by atoms with Crippen LogP contribution in [0.5, 0.6) is 0 Å². The van der Waals surface area contributed by atoms with E-state index in [2.05, 4.69) is 0 Å². The van der Waals surface area contributed by atoms with Crippen LogP contribution in [0, 0.1) is 10.8 Å². The minimum Gasteiger partial charge on any atom is -0.433 e. The summed E-state index contributed by atoms with van der Waals surface area (Å²) >= 11 is 0. The Hall–Kier alpha value is -1.92. The highest BCUT2D eigenvalue weighted by Gasteiger charge is 2.49. The number of hydroxylamine groups is 2. The minimum atomic E-state index is -4.76. The molecule has 0 spiro atoms. The summed E-state index contributed by atoms with van der Waals surface area (Å²) in [5.74, 6) is -1.32. The number of ether oxygens (including phenoxy) is 1. The van der Waals surface area contributed by atoms with Crippen molar-refractivity contribution in [2.75, 3.05) is 6.54 Å². The van der Waals surface area contributed by atoms with Gasteiger partial charge >= 0.3 is 22.4 Å². The fraction of sp³-hybridized carbons (Fsp3) is 0.824. The normalized spacial score (nSPS) is 23.9. The van der Waals surface area contributed by atoms with E-state index in [1.807, 2.05) is 0 Å². The largest absolute Gasteiger partial charge is 0.433 e. The predicted octanol–water partition coefficient (Wildman–Crippen LogP) is 0.895. The van der Waals surface area contributed by atoms with Crippen molar-refractivity contribution in [1.29, 1.82) is 0 Å². The van der Waals surface area contributed by atoms with Crippen LogP contribution in [0.25, 0.3) is 0 Å². The number of primary amides is 1. The second-order valence-electron chi connectivity index (χ2n) is 9.34. The number of carbonyl (C=O) groups excluding carboxylic acids is 3. The lowest BCUT2D eigenvalue weighted by Crippen LogP contribution is -2.47. The van der Waals surface area contributed by atoms with Gasteiger partial charge in [0, 0.05) is 12.0 Å². The van der Waals surface area contributed by atoms with Gasteiger partial charge in [0.05, 0.1) is 11.5 Å². The maximum atomic E-state index is 12.5. The molecule has 2 saturated heterocycles. The summed E-state index contributed by atoms with van der Waals surface area (Å²) in [6, 6.07) is -2.17. The van der Waals surface area contributed by atoms with Gasteiger partial charge in [-0.25, -0.2) is 8.98 Å². The standard InChI is InChI=1S/C17H29N3O8S/c1-16(2,3)13(22)26-14(17(4,5)6)27-29(24,25)28-20-10-7-8-11(12(18)21)19(9-10)15(20)23/h10-11,14H,7-9H2,1-6H3,(H2,18,21)/t10-,11+,14?/m1/s1. The number of rotatable bonds is 6. The number of hydrogen-bond acceptors (Lipinski definition) is 8. The topological polar surface area (TPSA) is 146 Å². The van der Waals surface area contributed by atoms with Gasteiger partial charge in [-0.05, 0) is 33.6 Å². The summed E-state index contributed by atoms with van der Waals surface area (Å²) in [7, 11) is -4.76. The van der Waals surface area contributed by atoms with E-state index in [4.69, 9.17) is 18.9 Å². The first-order chi connectivity index (χ1) is 13.0. The molecular formula is C17H29N3O8S. The number of esters is 1. The quantitative estimate of drug-likeness (QED) is 0.478. The van der Waals surface area contributed by atoms with Crippen LogP contribution in [0.2, 0.25) is 0 Å². The maximum Gasteiger partial charge on any atom is 0.424 e. The molecular weight excluding hydrogens is 406 g/mol. The van der Waals surface area contributed by atoms with E-state index in [9.17, 15) is 22.8 Å². The number of nitrogens with two attached hydrogens (primary N) is 1. The fourth-order valence-corrected chi connectivity index (χ4v) is 3.82. The van der Waals surface area contributed by atoms with E-state index in [0.29, 0.717) is 17.9 Å². The molecule has 2 heterocycles. The van der Waals surface area contributed by atoms with Crippen LogP contribution < -0.4 is 5.73 Å². The lowest BCUT2D eigenvalue weighted by molar-refractivity contribution is -0.191. The molecule has 0 aliphatic carbocycles. The average molecular weight is 435 g/mol. The van der Waals surface area contributed by atoms with Crippen molar-refractivity contribution < 1.29 is 36.0 Å². The number of urea groups is 1. The van der Waals surface area contributed by atoms with Gasteiger partial charge in [0.15, 0.2) is 0 Å². The monoisotopic (exact) mass is 435 g/mol. The first kappa shape index (κ1) is 23.4. The van der Waals surface area contributed by atoms with Gasteiger partial charge in [0.25, 0.3) is 0 Å². The van der Waals surface area contributed by atoms with Crippen LogP contribution in [-0.2, 0) is 33.2 Å². The first-order valence-corrected chi connectivity index (χ1v) is 10.6. The molecule has 2 aliphatic rings. The van der Waals surface area contributed by atoms with E-state index in [1.165, 1.54) is 4.90 Å². The number of carbonyl (C=O) groups is 3. The van der Waals surface area contributed by atoms with Gasteiger partial charge < -0.3 is 15.4 Å². The van der Waals surface area contributed by atoms with E-state index >= 15 is 0 Å². The summed E-state index contributed by atoms with van der Waals surface area (Å²) in [6.45, 7) is 9.84. The van der Waals surface area contributed by atoms with Gasteiger partial charge in [0.2, 0.25) is 12.2 Å². The van der Waals surface area contributed by atoms with Gasteiger partial charge in [-0.1, -0.05) is 20.8 Å². The van der Waals surface area contributed by atoms with E-state index < -0.39 is 57.5 Å². The molecule has 0 saturated carbocycles. The molecule has 2 rings (SSSR count). The smallest absolute Gasteiger partial charge is 0.424 e. The Labute approximate surface area is 170 Å². The van der Waals surface area contributed by atoms with Crippen LogP contribution in [0.1, 0.15) is 54.4 Å². The average Bonchev–Trinajstić information content (AvgIpc) is 2.76. The zero-order valence-electron chi connectivity index (χ0n) is 17.5. The first-order valence-electron chi connectivity index (χ1n) is 9.26. The van der Waals surface area contributed by atoms with Gasteiger partial charge in [-0.2, -0.15) is 13.5 Å². The molecule has 3 atom stereocenters. The Balaban J connectivity index is 2.14. The van der Waals surface area contributed by atoms with Gasteiger partial charge in [0.1, 0.15) is 6.04 Å². The molecule has 2 N–H and O–H groups in total. The van der Waals surface area contributed by atoms with Crippen LogP contribution in [-0.4, -0.2) is 61.2 Å². The van der Waals surface area contributed by atoms with E-state index in [-0.39, 0.29) is 6.54 Å². The summed E-state index contributed by atoms with van der Waals surface area (Å²) in [4.78, 5) is 37.4. The summed E-state index contributed by atoms with van der Waals surface area (Å²) in [5.41, 5.74) is 3.52. The predicted molar refractivity (Wildman–Crippen MR) is 99.8 cm³/mol. The Bertz CT molecular complexity index is 783. The lowest BCUT2D eigenvalue weighted by Gasteiger charge is -2.31. The number of piperidine rings is 1. The summed E-state index contributed by atoms with van der Waals surface area (Å²) < 4.78 is 40.1. The molecule has 2 bridgehead atoms. The molecule has 0 aromatic carbocycles. The third-order valence-electron chi connectivity index (χ3n) is 4.56. The molecule has 166 valence electrons. The van der Waals surface area contributed by atoms with E-state index in [1.54, 1.807) is 41.5 Å². The van der Waals surface area contributed by atoms with Crippen molar-refractivity contribution in [3.05, 3.63) is 0 Å². The molecule has 2 fully saturated rings. The van der Waals surface area contributed by atoms with Crippen molar-refractivity contribution >= 4 is 28.3 Å². The Morgan fingerprint density at radius 1 is 1.14 bits per heavy atom. The summed E-state index contributed by atoms with van der Waals surface area (Å²) in [5, 5.41) is 0.670. The third-order valence-corrected chi connectivity index (χ3v) is 5.32. The molecule has 12 heteroatoms. The van der Waals surface area contributed by atoms with E-state index in [0.717, 1.165) is 0 Å². The van der Waals surface area contributed by atoms with Crippen LogP contribution in [0.4, 0.5) is 4.79 Å². The number of amides is 3. The fourth-order valence-electron chi connectivity index (χ4n) is 2.86. The second-order valence-corrected chi connectivity index (χ2v) is 10.5. The Morgan fingerprint density at radius 2 is 1.72 bits per heavy atom. The second kappa shape index (κ2) is 7.73. The van der Waals surface area contributed by atoms with Crippen LogP contribution in [0.15, 0.2) is 0 Å². The van der Waals surface area contributed by atoms with Crippen molar-refractivity contribution in [2.45, 2.75) is 72.8 Å². The Morgan fingerprint density at radius 3 is 2.21 bits per heavy atom. The van der Waals surface area contributed by atoms with Crippen molar-refractivity contribution in [3.63, 3.8) is 0 Å². The molecule has 1 unspecified atom stereocenters. The zero-order valence-corrected chi connectivity index (χ0v) is 18.3. The number of nitrogens with zero attached hydrogens (tertiary/aromatic N) is 2. The molecule has 0 aromatic heterocycles. The zero-order chi connectivity index (χ0) is 22.4. The molecule has 2 aliphatic heterocycles. The lowest BCUT2D eigenvalue weighted by atomic mass is 9.94. The Kier molecular flexibility index (Phi) is 6.22. The maximum absolute atomic E-state index is 12.5. The van der Waals surface area contributed by atoms with Gasteiger partial charge in [-0.15, -0.1) is 4.28 Å². The molecule has 0 aromatic rings. The van der Waals surface area contributed by atoms with Crippen molar-refractivity contribution in [1.82, 2.24) is 9.96 Å². The summed E-state index contributed by atoms with van der Waals surface area (Å²) in [6.07, 6.45) is -0.831. The number of fused-ring (bicyclic) bond motifs is 2. The van der Waals surface area contributed by atoms with Crippen LogP contribution in [0.3, 0.4) is 0 Å². The van der Waals surface area contributed by atoms with Crippen molar-refractivity contribution in [3.8, 4) is 0 Å². The van der Waals surface area contributed by atoms with Gasteiger partial charge in [-0.3, -0.25) is 9.59 Å². The van der Waals surface area contributed by atoms with Crippen molar-refractivity contribution in [2.24, 2.45) is 16.6 Å². The SMILES string of the molecule is CC(C)(C)C(=O)OC(OS(=O)(=O)ON1C(=O)N2C[C@H]1CC[C@H]2C(N)=O)C(C)(C)C. The minimum absolute atomic E-state index is 0.115. The molecule has 11 nitrogen and oxygen atoms in total. The highest BCUT2D eigenvalue weighted by atomic mass is 32.3. The van der Waals surface area contributed by atoms with Crippen LogP contribution >= 0.6 is 0 Å². The molecule has 29 heavy (non-hydrogen) atoms. The molecule has 3 amide bonds.